The van der Waals surface area contributed by atoms with Crippen LogP contribution in [-0.2, 0) is 56.0 Å². The molecule has 0 aliphatic rings. The molecule has 0 saturated heterocycles. The predicted molar refractivity (Wildman–Crippen MR) is 199 cm³/mol. The highest BCUT2D eigenvalue weighted by atomic mass is 32.1. The van der Waals surface area contributed by atoms with Crippen LogP contribution in [0, 0.1) is 0 Å². The summed E-state index contributed by atoms with van der Waals surface area (Å²) in [5, 5.41) is 49.2. The minimum atomic E-state index is -1.77. The summed E-state index contributed by atoms with van der Waals surface area (Å²) in [4.78, 5) is 113. The molecule has 2 rings (SSSR count). The number of phenolic OH excluding ortho intramolecular Hbond substituents is 1. The van der Waals surface area contributed by atoms with Crippen molar-refractivity contribution in [2.24, 2.45) is 11.5 Å². The van der Waals surface area contributed by atoms with E-state index in [1.165, 1.54) is 24.3 Å². The van der Waals surface area contributed by atoms with Gasteiger partial charge in [0.15, 0.2) is 0 Å². The molecule has 2 aromatic rings. The summed E-state index contributed by atoms with van der Waals surface area (Å²) in [6.45, 7) is 0. The summed E-state index contributed by atoms with van der Waals surface area (Å²) in [5.41, 5.74) is 12.1. The lowest BCUT2D eigenvalue weighted by Crippen LogP contribution is -2.60. The lowest BCUT2D eigenvalue weighted by atomic mass is 10.0. The molecule has 0 aromatic heterocycles. The summed E-state index contributed by atoms with van der Waals surface area (Å²) >= 11 is 3.99. The highest BCUT2D eigenvalue weighted by Crippen LogP contribution is 2.13. The van der Waals surface area contributed by atoms with Crippen molar-refractivity contribution >= 4 is 66.0 Å². The van der Waals surface area contributed by atoms with Crippen molar-refractivity contribution in [3.05, 3.63) is 65.7 Å². The van der Waals surface area contributed by atoms with E-state index < -0.39 is 122 Å². The van der Waals surface area contributed by atoms with Gasteiger partial charge in [-0.3, -0.25) is 38.4 Å². The van der Waals surface area contributed by atoms with Crippen LogP contribution in [0.2, 0.25) is 0 Å². The average Bonchev–Trinajstić information content (AvgIpc) is 3.14. The van der Waals surface area contributed by atoms with Gasteiger partial charge in [-0.1, -0.05) is 42.5 Å². The molecule has 20 nitrogen and oxygen atoms in total. The second kappa shape index (κ2) is 22.9. The van der Waals surface area contributed by atoms with E-state index in [1.54, 1.807) is 30.3 Å². The van der Waals surface area contributed by atoms with Gasteiger partial charge in [0, 0.05) is 31.4 Å². The van der Waals surface area contributed by atoms with Crippen LogP contribution >= 0.6 is 12.6 Å². The number of carboxylic acids is 3. The Balaban J connectivity index is 2.40. The first-order valence-electron chi connectivity index (χ1n) is 17.0. The fraction of sp³-hybridized carbons (Fsp3) is 0.400. The van der Waals surface area contributed by atoms with E-state index in [0.717, 1.165) is 0 Å². The maximum Gasteiger partial charge on any atom is 0.326 e. The average molecular weight is 804 g/mol. The van der Waals surface area contributed by atoms with Crippen LogP contribution in [0.1, 0.15) is 43.2 Å². The number of hydrogen-bond acceptors (Lipinski definition) is 12. The summed E-state index contributed by atoms with van der Waals surface area (Å²) in [6.07, 6.45) is -3.65. The lowest BCUT2D eigenvalue weighted by Gasteiger charge is -2.27. The van der Waals surface area contributed by atoms with Crippen LogP contribution in [0.15, 0.2) is 54.6 Å². The first-order chi connectivity index (χ1) is 26.4. The molecule has 0 bridgehead atoms. The van der Waals surface area contributed by atoms with Gasteiger partial charge >= 0.3 is 17.9 Å². The van der Waals surface area contributed by atoms with Gasteiger partial charge in [0.2, 0.25) is 35.4 Å². The highest BCUT2D eigenvalue weighted by Gasteiger charge is 2.34. The smallest absolute Gasteiger partial charge is 0.326 e. The first kappa shape index (κ1) is 45.9. The molecule has 6 atom stereocenters. The molecule has 0 spiro atoms. The Morgan fingerprint density at radius 1 is 0.571 bits per heavy atom. The number of nitrogens with one attached hydrogen (secondary N) is 5. The van der Waals surface area contributed by atoms with E-state index in [9.17, 15) is 58.5 Å². The van der Waals surface area contributed by atoms with Gasteiger partial charge in [0.25, 0.3) is 0 Å². The van der Waals surface area contributed by atoms with E-state index in [4.69, 9.17) is 16.6 Å². The molecule has 0 heterocycles. The molecular formula is C35H45N7O13S. The van der Waals surface area contributed by atoms with Gasteiger partial charge in [-0.25, -0.2) is 4.79 Å². The Bertz CT molecular complexity index is 1730. The second-order valence-corrected chi connectivity index (χ2v) is 12.9. The van der Waals surface area contributed by atoms with Crippen LogP contribution in [0.5, 0.6) is 5.75 Å². The number of phenols is 1. The van der Waals surface area contributed by atoms with Crippen molar-refractivity contribution in [3.8, 4) is 5.75 Å². The number of hydrogen-bond donors (Lipinski definition) is 12. The largest absolute Gasteiger partial charge is 0.508 e. The zero-order valence-electron chi connectivity index (χ0n) is 29.9. The summed E-state index contributed by atoms with van der Waals surface area (Å²) in [7, 11) is 0. The number of benzene rings is 2. The maximum absolute atomic E-state index is 13.7. The van der Waals surface area contributed by atoms with Crippen LogP contribution in [0.4, 0.5) is 0 Å². The minimum absolute atomic E-state index is 0.0691. The molecule has 2 aromatic carbocycles. The molecule has 6 amide bonds. The third-order valence-electron chi connectivity index (χ3n) is 8.04. The Morgan fingerprint density at radius 2 is 0.982 bits per heavy atom. The van der Waals surface area contributed by atoms with E-state index in [-0.39, 0.29) is 24.3 Å². The van der Waals surface area contributed by atoms with Crippen molar-refractivity contribution < 1.29 is 63.6 Å². The van der Waals surface area contributed by atoms with Gasteiger partial charge < -0.3 is 58.5 Å². The van der Waals surface area contributed by atoms with Crippen LogP contribution in [0.3, 0.4) is 0 Å². The molecule has 0 saturated carbocycles. The Kier molecular flexibility index (Phi) is 18.8. The van der Waals surface area contributed by atoms with Crippen molar-refractivity contribution in [1.82, 2.24) is 26.6 Å². The lowest BCUT2D eigenvalue weighted by molar-refractivity contribution is -0.143. The fourth-order valence-corrected chi connectivity index (χ4v) is 5.23. The molecular weight excluding hydrogens is 758 g/mol. The Morgan fingerprint density at radius 3 is 1.46 bits per heavy atom. The van der Waals surface area contributed by atoms with Crippen molar-refractivity contribution in [2.45, 2.75) is 81.2 Å². The second-order valence-electron chi connectivity index (χ2n) is 12.5. The predicted octanol–water partition coefficient (Wildman–Crippen LogP) is -2.45. The topological polar surface area (TPSA) is 347 Å². The van der Waals surface area contributed by atoms with Gasteiger partial charge in [0.05, 0.1) is 12.5 Å². The van der Waals surface area contributed by atoms with Gasteiger partial charge in [-0.2, -0.15) is 12.6 Å². The molecule has 0 radical (unpaired) electrons. The third kappa shape index (κ3) is 16.4. The summed E-state index contributed by atoms with van der Waals surface area (Å²) in [5.74, 6) is -10.7. The number of carbonyl (C=O) groups is 9. The fourth-order valence-electron chi connectivity index (χ4n) is 5.06. The molecule has 0 fully saturated rings. The van der Waals surface area contributed by atoms with Crippen molar-refractivity contribution in [3.63, 3.8) is 0 Å². The number of nitrogens with two attached hydrogens (primary N) is 2. The molecule has 13 N–H and O–H groups in total. The number of carbonyl (C=O) groups excluding carboxylic acids is 6. The van der Waals surface area contributed by atoms with Crippen LogP contribution in [-0.4, -0.2) is 116 Å². The Hall–Kier alpha value is -6.22. The van der Waals surface area contributed by atoms with Gasteiger partial charge in [0.1, 0.15) is 36.0 Å². The quantitative estimate of drug-likeness (QED) is 0.0491. The standard InChI is InChI=1S/C35H45N7O13S/c36-21(17-56)30(49)40-24(14-18-4-2-1-3-5-18)33(52)42-26(16-27(37)44)34(53)38-22(10-12-28(45)46)31(50)41-25(15-19-6-8-20(43)9-7-19)32(51)39-23(35(54)55)11-13-29(47)48/h1-9,21-26,43,56H,10-17,36H2,(H2,37,44)(H,38,53)(H,39,51)(H,40,49)(H,41,50)(H,42,52)(H,45,46)(H,47,48)(H,54,55)/t21-,22-,23-,24-,25-,26-/m0/s1. The number of aromatic hydroxyl groups is 1. The number of rotatable bonds is 24. The number of thiol groups is 1. The molecule has 0 unspecified atom stereocenters. The zero-order valence-corrected chi connectivity index (χ0v) is 30.8. The van der Waals surface area contributed by atoms with E-state index in [2.05, 4.69) is 39.2 Å². The zero-order chi connectivity index (χ0) is 41.9. The molecule has 0 aliphatic heterocycles. The number of carboxylic acid groups (broad SMARTS) is 3. The van der Waals surface area contributed by atoms with Crippen LogP contribution in [0.25, 0.3) is 0 Å². The van der Waals surface area contributed by atoms with E-state index in [0.29, 0.717) is 11.1 Å². The van der Waals surface area contributed by atoms with E-state index in [1.807, 2.05) is 0 Å². The Labute approximate surface area is 325 Å². The highest BCUT2D eigenvalue weighted by molar-refractivity contribution is 7.80. The van der Waals surface area contributed by atoms with Gasteiger partial charge in [-0.05, 0) is 36.1 Å². The first-order valence-corrected chi connectivity index (χ1v) is 17.7. The van der Waals surface area contributed by atoms with E-state index >= 15 is 0 Å². The van der Waals surface area contributed by atoms with Crippen molar-refractivity contribution in [1.29, 1.82) is 0 Å². The molecule has 56 heavy (non-hydrogen) atoms. The maximum atomic E-state index is 13.7. The number of primary amides is 1. The molecule has 21 heteroatoms. The normalized spacial score (nSPS) is 14.0. The monoisotopic (exact) mass is 803 g/mol. The molecule has 304 valence electrons. The minimum Gasteiger partial charge on any atom is -0.508 e. The molecule has 0 aliphatic carbocycles. The van der Waals surface area contributed by atoms with Crippen molar-refractivity contribution in [2.75, 3.05) is 5.75 Å². The summed E-state index contributed by atoms with van der Waals surface area (Å²) < 4.78 is 0. The summed E-state index contributed by atoms with van der Waals surface area (Å²) in [6, 6.07) is 4.48. The number of aliphatic carboxylic acids is 3. The SMILES string of the molecule is NC(=O)C[C@H](NC(=O)[C@H](Cc1ccccc1)NC(=O)[C@@H](N)CS)C(=O)N[C@@H](CCC(=O)O)C(=O)N[C@@H](Cc1ccc(O)cc1)C(=O)N[C@@H](CCC(=O)O)C(=O)O. The number of amides is 6. The van der Waals surface area contributed by atoms with Gasteiger partial charge in [-0.15, -0.1) is 0 Å². The third-order valence-corrected chi connectivity index (χ3v) is 8.43. The van der Waals surface area contributed by atoms with Crippen LogP contribution < -0.4 is 38.1 Å².